The van der Waals surface area contributed by atoms with Crippen molar-refractivity contribution >= 4 is 5.70 Å². The first-order chi connectivity index (χ1) is 7.68. The molecule has 0 amide bonds. The summed E-state index contributed by atoms with van der Waals surface area (Å²) in [7, 11) is 0. The Hall–Kier alpha value is -2.02. The van der Waals surface area contributed by atoms with Crippen LogP contribution in [0.2, 0.25) is 0 Å². The minimum atomic E-state index is 0.607. The quantitative estimate of drug-likeness (QED) is 0.803. The molecule has 0 spiro atoms. The zero-order chi connectivity index (χ0) is 11.5. The molecule has 1 nitrogen and oxygen atoms in total. The molecule has 0 saturated heterocycles. The fourth-order valence-corrected chi connectivity index (χ4v) is 1.78. The van der Waals surface area contributed by atoms with E-state index in [1.165, 1.54) is 16.7 Å². The van der Waals surface area contributed by atoms with E-state index < -0.39 is 0 Å². The van der Waals surface area contributed by atoms with Crippen molar-refractivity contribution in [3.63, 3.8) is 0 Å². The van der Waals surface area contributed by atoms with Crippen molar-refractivity contribution in [2.75, 3.05) is 0 Å². The van der Waals surface area contributed by atoms with E-state index in [9.17, 15) is 0 Å². The predicted octanol–water partition coefficient (Wildman–Crippen LogP) is 3.59. The molecule has 0 radical (unpaired) electrons. The van der Waals surface area contributed by atoms with Gasteiger partial charge in [-0.1, -0.05) is 49.0 Å². The number of rotatable bonds is 2. The Kier molecular flexibility index (Phi) is 2.78. The zero-order valence-corrected chi connectivity index (χ0v) is 9.40. The third-order valence-corrected chi connectivity index (χ3v) is 2.69. The lowest BCUT2D eigenvalue weighted by molar-refractivity contribution is 1.45. The van der Waals surface area contributed by atoms with Crippen LogP contribution in [0, 0.1) is 6.92 Å². The molecule has 0 aliphatic carbocycles. The molecule has 2 aromatic carbocycles. The maximum atomic E-state index is 5.70. The second-order valence-electron chi connectivity index (χ2n) is 3.92. The molecule has 1 heteroatoms. The van der Waals surface area contributed by atoms with E-state index in [2.05, 4.69) is 37.8 Å². The van der Waals surface area contributed by atoms with Crippen LogP contribution in [-0.2, 0) is 0 Å². The Bertz CT molecular complexity index is 526. The van der Waals surface area contributed by atoms with E-state index in [1.807, 2.05) is 24.3 Å². The molecule has 0 fully saturated rings. The van der Waals surface area contributed by atoms with Crippen molar-refractivity contribution in [3.05, 3.63) is 66.2 Å². The van der Waals surface area contributed by atoms with Gasteiger partial charge in [-0.3, -0.25) is 0 Å². The zero-order valence-electron chi connectivity index (χ0n) is 9.40. The van der Waals surface area contributed by atoms with Gasteiger partial charge in [-0.05, 0) is 35.2 Å². The standard InChI is InChI=1S/C15H15N/c1-11-6-3-4-9-15(11)14-8-5-7-13(10-14)12(2)16/h3-10H,2,16H2,1H3. The normalized spacial score (nSPS) is 10.1. The van der Waals surface area contributed by atoms with Crippen LogP contribution in [0.15, 0.2) is 55.1 Å². The van der Waals surface area contributed by atoms with E-state index in [1.54, 1.807) is 0 Å². The van der Waals surface area contributed by atoms with Gasteiger partial charge in [0.05, 0.1) is 0 Å². The van der Waals surface area contributed by atoms with Crippen LogP contribution in [0.3, 0.4) is 0 Å². The molecular weight excluding hydrogens is 194 g/mol. The predicted molar refractivity (Wildman–Crippen MR) is 69.8 cm³/mol. The molecule has 0 unspecified atom stereocenters. The third kappa shape index (κ3) is 1.98. The first-order valence-electron chi connectivity index (χ1n) is 5.29. The Labute approximate surface area is 96.2 Å². The van der Waals surface area contributed by atoms with E-state index in [0.717, 1.165) is 5.56 Å². The summed E-state index contributed by atoms with van der Waals surface area (Å²) in [6.07, 6.45) is 0. The van der Waals surface area contributed by atoms with Crippen LogP contribution < -0.4 is 5.73 Å². The topological polar surface area (TPSA) is 26.0 Å². The van der Waals surface area contributed by atoms with Gasteiger partial charge in [0.1, 0.15) is 0 Å². The molecule has 0 aromatic heterocycles. The van der Waals surface area contributed by atoms with Crippen LogP contribution in [0.1, 0.15) is 11.1 Å². The van der Waals surface area contributed by atoms with E-state index >= 15 is 0 Å². The maximum absolute atomic E-state index is 5.70. The molecule has 0 saturated carbocycles. The highest BCUT2D eigenvalue weighted by molar-refractivity contribution is 5.72. The summed E-state index contributed by atoms with van der Waals surface area (Å²) < 4.78 is 0. The Morgan fingerprint density at radius 1 is 1.06 bits per heavy atom. The molecule has 16 heavy (non-hydrogen) atoms. The summed E-state index contributed by atoms with van der Waals surface area (Å²) in [6.45, 7) is 5.87. The first-order valence-corrected chi connectivity index (χ1v) is 5.29. The summed E-state index contributed by atoms with van der Waals surface area (Å²) in [5.41, 5.74) is 11.0. The molecule has 2 aromatic rings. The van der Waals surface area contributed by atoms with Crippen molar-refractivity contribution in [1.29, 1.82) is 0 Å². The second kappa shape index (κ2) is 4.23. The largest absolute Gasteiger partial charge is 0.399 e. The van der Waals surface area contributed by atoms with Crippen LogP contribution in [0.4, 0.5) is 0 Å². The molecule has 2 rings (SSSR count). The molecule has 0 heterocycles. The van der Waals surface area contributed by atoms with Crippen molar-refractivity contribution in [2.24, 2.45) is 5.73 Å². The number of hydrogen-bond acceptors (Lipinski definition) is 1. The van der Waals surface area contributed by atoms with E-state index in [0.29, 0.717) is 5.70 Å². The number of benzene rings is 2. The highest BCUT2D eigenvalue weighted by Crippen LogP contribution is 2.24. The third-order valence-electron chi connectivity index (χ3n) is 2.69. The number of aryl methyl sites for hydroxylation is 1. The number of hydrogen-bond donors (Lipinski definition) is 1. The van der Waals surface area contributed by atoms with Gasteiger partial charge in [-0.2, -0.15) is 0 Å². The first kappa shape index (κ1) is 10.5. The molecule has 0 bridgehead atoms. The monoisotopic (exact) mass is 209 g/mol. The smallest absolute Gasteiger partial charge is 0.0314 e. The summed E-state index contributed by atoms with van der Waals surface area (Å²) in [4.78, 5) is 0. The van der Waals surface area contributed by atoms with Crippen molar-refractivity contribution < 1.29 is 0 Å². The van der Waals surface area contributed by atoms with Gasteiger partial charge in [0, 0.05) is 5.70 Å². The fraction of sp³-hybridized carbons (Fsp3) is 0.0667. The highest BCUT2D eigenvalue weighted by Gasteiger charge is 2.02. The molecule has 0 atom stereocenters. The molecular formula is C15H15N. The minimum Gasteiger partial charge on any atom is -0.399 e. The maximum Gasteiger partial charge on any atom is 0.0314 e. The van der Waals surface area contributed by atoms with Gasteiger partial charge in [0.25, 0.3) is 0 Å². The van der Waals surface area contributed by atoms with Crippen LogP contribution in [-0.4, -0.2) is 0 Å². The fourth-order valence-electron chi connectivity index (χ4n) is 1.78. The van der Waals surface area contributed by atoms with Crippen molar-refractivity contribution in [2.45, 2.75) is 6.92 Å². The van der Waals surface area contributed by atoms with Gasteiger partial charge in [0.2, 0.25) is 0 Å². The number of nitrogens with two attached hydrogens (primary N) is 1. The summed E-state index contributed by atoms with van der Waals surface area (Å²) in [5, 5.41) is 0. The lowest BCUT2D eigenvalue weighted by Gasteiger charge is -2.07. The van der Waals surface area contributed by atoms with Gasteiger partial charge in [-0.25, -0.2) is 0 Å². The summed E-state index contributed by atoms with van der Waals surface area (Å²) >= 11 is 0. The van der Waals surface area contributed by atoms with Crippen molar-refractivity contribution in [1.82, 2.24) is 0 Å². The van der Waals surface area contributed by atoms with E-state index in [4.69, 9.17) is 5.73 Å². The molecule has 0 aliphatic rings. The Morgan fingerprint density at radius 3 is 2.50 bits per heavy atom. The average Bonchev–Trinajstić information content (AvgIpc) is 2.30. The van der Waals surface area contributed by atoms with Gasteiger partial charge in [0.15, 0.2) is 0 Å². The molecule has 2 N–H and O–H groups in total. The van der Waals surface area contributed by atoms with Crippen LogP contribution >= 0.6 is 0 Å². The second-order valence-corrected chi connectivity index (χ2v) is 3.92. The van der Waals surface area contributed by atoms with Crippen LogP contribution in [0.5, 0.6) is 0 Å². The summed E-state index contributed by atoms with van der Waals surface area (Å²) in [5.74, 6) is 0. The summed E-state index contributed by atoms with van der Waals surface area (Å²) in [6, 6.07) is 16.5. The minimum absolute atomic E-state index is 0.607. The van der Waals surface area contributed by atoms with Gasteiger partial charge in [-0.15, -0.1) is 0 Å². The average molecular weight is 209 g/mol. The van der Waals surface area contributed by atoms with Gasteiger partial charge >= 0.3 is 0 Å². The highest BCUT2D eigenvalue weighted by atomic mass is 14.6. The van der Waals surface area contributed by atoms with Crippen LogP contribution in [0.25, 0.3) is 16.8 Å². The van der Waals surface area contributed by atoms with E-state index in [-0.39, 0.29) is 0 Å². The lowest BCUT2D eigenvalue weighted by atomic mass is 9.98. The van der Waals surface area contributed by atoms with Gasteiger partial charge < -0.3 is 5.73 Å². The van der Waals surface area contributed by atoms with Crippen molar-refractivity contribution in [3.8, 4) is 11.1 Å². The Balaban J connectivity index is 2.53. The Morgan fingerprint density at radius 2 is 1.81 bits per heavy atom. The SMILES string of the molecule is C=C(N)c1cccc(-c2ccccc2C)c1. The molecule has 80 valence electrons. The molecule has 0 aliphatic heterocycles. The lowest BCUT2D eigenvalue weighted by Crippen LogP contribution is -1.94.